The number of hydrogen-bond acceptors (Lipinski definition) is 5. The van der Waals surface area contributed by atoms with E-state index in [9.17, 15) is 4.79 Å². The van der Waals surface area contributed by atoms with E-state index in [0.717, 1.165) is 25.7 Å². The Morgan fingerprint density at radius 2 is 1.85 bits per heavy atom. The van der Waals surface area contributed by atoms with Crippen LogP contribution in [0, 0.1) is 11.3 Å². The molecule has 0 unspecified atom stereocenters. The Morgan fingerprint density at radius 3 is 2.54 bits per heavy atom. The summed E-state index contributed by atoms with van der Waals surface area (Å²) >= 11 is 0. The van der Waals surface area contributed by atoms with Gasteiger partial charge in [0, 0.05) is 18.5 Å². The molecule has 2 fully saturated rings. The first-order chi connectivity index (χ1) is 19.0. The molecule has 6 atom stereocenters. The number of rotatable bonds is 3. The minimum absolute atomic E-state index is 0.0641. The van der Waals surface area contributed by atoms with Crippen LogP contribution in [0.5, 0.6) is 0 Å². The van der Waals surface area contributed by atoms with Gasteiger partial charge in [0.05, 0.1) is 18.8 Å². The predicted molar refractivity (Wildman–Crippen MR) is 164 cm³/mol. The van der Waals surface area contributed by atoms with E-state index in [2.05, 4.69) is 59.9 Å². The summed E-state index contributed by atoms with van der Waals surface area (Å²) in [5.41, 5.74) is 3.88. The lowest BCUT2D eigenvalue weighted by Crippen LogP contribution is -2.65. The Balaban J connectivity index is 1.45. The first-order valence-corrected chi connectivity index (χ1v) is 19.0. The third-order valence-corrected chi connectivity index (χ3v) is 16.1. The van der Waals surface area contributed by atoms with Crippen LogP contribution >= 0.6 is 0 Å². The first kappa shape index (κ1) is 29.6. The number of amides is 1. The van der Waals surface area contributed by atoms with Crippen molar-refractivity contribution in [3.05, 3.63) is 34.4 Å². The predicted octanol–water partition coefficient (Wildman–Crippen LogP) is 7.71. The Hall–Kier alpha value is -1.41. The fraction of sp³-hybridized carbons (Fsp3) is 0.794. The van der Waals surface area contributed by atoms with Crippen LogP contribution in [0.4, 0.5) is 4.79 Å². The molecule has 41 heavy (non-hydrogen) atoms. The second-order valence-electron chi connectivity index (χ2n) is 16.2. The number of hydrogen-bond donors (Lipinski definition) is 0. The van der Waals surface area contributed by atoms with Gasteiger partial charge in [-0.15, -0.1) is 0 Å². The van der Waals surface area contributed by atoms with Crippen molar-refractivity contribution in [1.82, 2.24) is 4.90 Å². The van der Waals surface area contributed by atoms with Crippen molar-refractivity contribution in [2.24, 2.45) is 11.3 Å². The molecule has 0 aromatic carbocycles. The molecule has 6 rings (SSSR count). The highest BCUT2D eigenvalue weighted by Crippen LogP contribution is 2.71. The zero-order chi connectivity index (χ0) is 29.8. The van der Waals surface area contributed by atoms with Crippen LogP contribution in [0.1, 0.15) is 93.9 Å². The van der Waals surface area contributed by atoms with Gasteiger partial charge in [0.15, 0.2) is 8.32 Å². The van der Waals surface area contributed by atoms with Crippen molar-refractivity contribution in [2.45, 2.75) is 141 Å². The minimum Gasteiger partial charge on any atom is -0.444 e. The smallest absolute Gasteiger partial charge is 0.410 e. The molecular weight excluding hydrogens is 530 g/mol. The van der Waals surface area contributed by atoms with Crippen molar-refractivity contribution in [1.29, 1.82) is 0 Å². The lowest BCUT2D eigenvalue weighted by atomic mass is 9.49. The van der Waals surface area contributed by atoms with Crippen molar-refractivity contribution >= 4 is 14.4 Å². The largest absolute Gasteiger partial charge is 0.444 e. The highest BCUT2D eigenvalue weighted by atomic mass is 28.4. The zero-order valence-electron chi connectivity index (χ0n) is 27.2. The number of nitrogens with zero attached hydrogens (tertiary/aromatic N) is 1. The second kappa shape index (κ2) is 9.29. The van der Waals surface area contributed by atoms with E-state index in [1.165, 1.54) is 24.0 Å². The summed E-state index contributed by atoms with van der Waals surface area (Å²) in [5.74, 6) is 0.265. The van der Waals surface area contributed by atoms with Gasteiger partial charge < -0.3 is 23.5 Å². The molecule has 0 N–H and O–H groups in total. The van der Waals surface area contributed by atoms with Gasteiger partial charge in [-0.25, -0.2) is 4.79 Å². The summed E-state index contributed by atoms with van der Waals surface area (Å²) in [7, 11) is -2.05. The first-order valence-electron chi connectivity index (χ1n) is 16.1. The average molecular weight is 584 g/mol. The molecule has 1 spiro atoms. The summed E-state index contributed by atoms with van der Waals surface area (Å²) < 4.78 is 27.3. The normalized spacial score (nSPS) is 37.5. The van der Waals surface area contributed by atoms with Gasteiger partial charge in [0.1, 0.15) is 16.8 Å². The van der Waals surface area contributed by atoms with E-state index in [0.29, 0.717) is 19.7 Å². The van der Waals surface area contributed by atoms with E-state index < -0.39 is 24.9 Å². The van der Waals surface area contributed by atoms with E-state index in [1.807, 2.05) is 25.7 Å². The maximum atomic E-state index is 13.6. The summed E-state index contributed by atoms with van der Waals surface area (Å²) in [6.07, 6.45) is 11.1. The van der Waals surface area contributed by atoms with Crippen molar-refractivity contribution in [3.63, 3.8) is 0 Å². The fourth-order valence-corrected chi connectivity index (χ4v) is 10.3. The van der Waals surface area contributed by atoms with Crippen LogP contribution in [-0.2, 0) is 18.6 Å². The highest BCUT2D eigenvalue weighted by Gasteiger charge is 2.74. The topological polar surface area (TPSA) is 57.2 Å². The molecule has 2 bridgehead atoms. The molecule has 6 nitrogen and oxygen atoms in total. The molecule has 0 aromatic rings. The Morgan fingerprint density at radius 1 is 1.15 bits per heavy atom. The van der Waals surface area contributed by atoms with Gasteiger partial charge in [0.25, 0.3) is 0 Å². The fourth-order valence-electron chi connectivity index (χ4n) is 8.97. The van der Waals surface area contributed by atoms with Gasteiger partial charge in [-0.2, -0.15) is 0 Å². The van der Waals surface area contributed by atoms with E-state index in [-0.39, 0.29) is 34.9 Å². The number of ether oxygens (including phenoxy) is 3. The number of carbonyl (C=O) groups excluding carboxylic acids is 1. The van der Waals surface area contributed by atoms with Crippen LogP contribution in [0.2, 0.25) is 18.1 Å². The second-order valence-corrected chi connectivity index (χ2v) is 21.0. The van der Waals surface area contributed by atoms with Crippen molar-refractivity contribution in [3.8, 4) is 0 Å². The Labute approximate surface area is 249 Å². The standard InChI is InChI=1S/C34H53NO5Si/c1-22-20-32-21-35(29(36)39-30(3,4)5)17-18-37-33(32,16-15-25(32)23(2)40-41(9,10)31(6,7)8)28-19-27-24-13-11-12-14-26(24)34(22,28)38-27/h15,19,22-23,27H,11-14,16-18,20-21H2,1-10H3/t22-,23-,27+,32+,33+,34+/m1/s1. The zero-order valence-corrected chi connectivity index (χ0v) is 28.2. The molecule has 1 saturated carbocycles. The quantitative estimate of drug-likeness (QED) is 0.252. The van der Waals surface area contributed by atoms with Crippen LogP contribution in [-0.4, -0.2) is 68.0 Å². The molecule has 3 aliphatic heterocycles. The molecule has 3 heterocycles. The maximum Gasteiger partial charge on any atom is 0.410 e. The minimum atomic E-state index is -2.05. The Bertz CT molecular complexity index is 1220. The maximum absolute atomic E-state index is 13.6. The van der Waals surface area contributed by atoms with Crippen molar-refractivity contribution < 1.29 is 23.4 Å². The van der Waals surface area contributed by atoms with Gasteiger partial charge >= 0.3 is 6.09 Å². The number of carbonyl (C=O) groups is 1. The summed E-state index contributed by atoms with van der Waals surface area (Å²) in [6.45, 7) is 23.6. The van der Waals surface area contributed by atoms with Crippen LogP contribution in [0.15, 0.2) is 34.4 Å². The molecule has 7 heteroatoms. The van der Waals surface area contributed by atoms with Gasteiger partial charge in [-0.3, -0.25) is 0 Å². The van der Waals surface area contributed by atoms with Gasteiger partial charge in [0.2, 0.25) is 0 Å². The summed E-state index contributed by atoms with van der Waals surface area (Å²) in [6, 6.07) is 0. The molecule has 228 valence electrons. The lowest BCUT2D eigenvalue weighted by molar-refractivity contribution is -0.143. The highest BCUT2D eigenvalue weighted by molar-refractivity contribution is 6.74. The molecule has 3 aliphatic carbocycles. The van der Waals surface area contributed by atoms with Gasteiger partial charge in [-0.05, 0) is 119 Å². The van der Waals surface area contributed by atoms with E-state index >= 15 is 0 Å². The van der Waals surface area contributed by atoms with Crippen LogP contribution in [0.3, 0.4) is 0 Å². The molecule has 1 saturated heterocycles. The third-order valence-electron chi connectivity index (χ3n) is 11.6. The molecule has 6 aliphatic rings. The lowest BCUT2D eigenvalue weighted by Gasteiger charge is -2.60. The Kier molecular flexibility index (Phi) is 6.72. The monoisotopic (exact) mass is 583 g/mol. The van der Waals surface area contributed by atoms with Crippen molar-refractivity contribution in [2.75, 3.05) is 19.7 Å². The van der Waals surface area contributed by atoms with E-state index in [4.69, 9.17) is 18.6 Å². The van der Waals surface area contributed by atoms with E-state index in [1.54, 1.807) is 11.1 Å². The third kappa shape index (κ3) is 4.15. The number of fused-ring (bicyclic) bond motifs is 2. The molecular formula is C34H53NO5Si. The molecule has 0 aromatic heterocycles. The average Bonchev–Trinajstić information content (AvgIpc) is 3.47. The van der Waals surface area contributed by atoms with Crippen LogP contribution < -0.4 is 0 Å². The molecule has 1 amide bonds. The summed E-state index contributed by atoms with van der Waals surface area (Å²) in [4.78, 5) is 15.6. The summed E-state index contributed by atoms with van der Waals surface area (Å²) in [5, 5.41) is 0.104. The van der Waals surface area contributed by atoms with Crippen LogP contribution in [0.25, 0.3) is 0 Å². The van der Waals surface area contributed by atoms with Gasteiger partial charge in [-0.1, -0.05) is 33.8 Å². The SMILES string of the molecule is C[C@@H]1C[C@@]23CN(C(=O)OC(C)(C)C)CCO[C@@]2(CC=C3[C@@H](C)O[Si](C)(C)C(C)(C)C)C2=C[C@@H]3O[C@@]21C1=C3CCCC1. The molecule has 0 radical (unpaired) electrons.